The number of hydrogen-bond acceptors (Lipinski definition) is 15. The minimum absolute atomic E-state index is 0.0287. The van der Waals surface area contributed by atoms with Crippen molar-refractivity contribution >= 4 is 50.2 Å². The summed E-state index contributed by atoms with van der Waals surface area (Å²) in [6.07, 6.45) is 0. The van der Waals surface area contributed by atoms with E-state index < -0.39 is 34.6 Å². The molecule has 0 amide bonds. The molecule has 9 aromatic rings. The Bertz CT molecular complexity index is 3660. The van der Waals surface area contributed by atoms with Crippen molar-refractivity contribution in [1.29, 1.82) is 0 Å². The van der Waals surface area contributed by atoms with Crippen molar-refractivity contribution in [2.45, 2.75) is 0 Å². The van der Waals surface area contributed by atoms with E-state index in [4.69, 9.17) is 42.6 Å². The van der Waals surface area contributed by atoms with Gasteiger partial charge in [-0.2, -0.15) is 0 Å². The van der Waals surface area contributed by atoms with Crippen molar-refractivity contribution in [2.24, 2.45) is 21.1 Å². The molecule has 75 heavy (non-hydrogen) atoms. The normalized spacial score (nSPS) is 12.4. The number of nitrogens with zero attached hydrogens (tertiary/aromatic N) is 3. The Morgan fingerprint density at radius 1 is 0.307 bits per heavy atom. The van der Waals surface area contributed by atoms with Crippen LogP contribution in [0.25, 0.3) is 66.1 Å². The second kappa shape index (κ2) is 19.0. The minimum Gasteiger partial charge on any atom is -0.493 e. The Balaban J connectivity index is 1.25. The summed E-state index contributed by atoms with van der Waals surface area (Å²) < 4.78 is 55.7. The molecule has 0 fully saturated rings. The van der Waals surface area contributed by atoms with Crippen LogP contribution in [0, 0.1) is 0 Å². The standard InChI is InChI=1S/C57H45N3O15/c1-58-49-28-10-16-31(17-11-28)74-56(65)47-35-23-41(68-5)44(71-8)26-38(35)53(62)60(3)51(47)30-14-20-33(21-15-30)75-57(66)48-36-24-42(69-6)45(72-9)27-39(36)54(63)59(2)50(48)29-12-18-32(19-13-29)73-55(64)46(49)34-22-40(67-4)43(70-7)25-37(34)52(58)61/h10-27H,1-9H3. The Morgan fingerprint density at radius 2 is 0.507 bits per heavy atom. The van der Waals surface area contributed by atoms with Crippen LogP contribution in [0.15, 0.2) is 124 Å². The lowest BCUT2D eigenvalue weighted by molar-refractivity contribution is 0.0727. The minimum atomic E-state index is -0.870. The summed E-state index contributed by atoms with van der Waals surface area (Å²) in [5.74, 6) is -0.985. The molecule has 0 saturated carbocycles. The summed E-state index contributed by atoms with van der Waals surface area (Å²) in [5, 5.41) is 0.901. The third kappa shape index (κ3) is 7.99. The maximum absolute atomic E-state index is 14.8. The Morgan fingerprint density at radius 3 is 0.707 bits per heavy atom. The molecule has 6 aromatic carbocycles. The smallest absolute Gasteiger partial charge is 0.346 e. The van der Waals surface area contributed by atoms with E-state index in [9.17, 15) is 28.8 Å². The number of esters is 3. The van der Waals surface area contributed by atoms with Crippen molar-refractivity contribution in [1.82, 2.24) is 13.7 Å². The van der Waals surface area contributed by atoms with Gasteiger partial charge in [0, 0.05) is 37.3 Å². The van der Waals surface area contributed by atoms with Crippen LogP contribution in [-0.4, -0.2) is 74.3 Å². The number of rotatable bonds is 6. The molecule has 6 bridgehead atoms. The Kier molecular flexibility index (Phi) is 12.3. The van der Waals surface area contributed by atoms with Crippen molar-refractivity contribution < 1.29 is 57.0 Å². The highest BCUT2D eigenvalue weighted by Crippen LogP contribution is 2.41. The van der Waals surface area contributed by atoms with Gasteiger partial charge < -0.3 is 56.3 Å². The molecule has 4 aliphatic rings. The van der Waals surface area contributed by atoms with Crippen LogP contribution >= 0.6 is 0 Å². The van der Waals surface area contributed by atoms with Gasteiger partial charge in [0.05, 0.1) is 92.6 Å². The maximum atomic E-state index is 14.8. The summed E-state index contributed by atoms with van der Waals surface area (Å²) in [5.41, 5.74) is -0.0141. The lowest BCUT2D eigenvalue weighted by atomic mass is 9.97. The van der Waals surface area contributed by atoms with E-state index in [2.05, 4.69) is 0 Å². The van der Waals surface area contributed by atoms with E-state index in [1.165, 1.54) is 150 Å². The molecule has 0 N–H and O–H groups in total. The zero-order valence-electron chi connectivity index (χ0n) is 41.9. The first kappa shape index (κ1) is 48.8. The molecule has 7 heterocycles. The second-order valence-corrected chi connectivity index (χ2v) is 17.3. The summed E-state index contributed by atoms with van der Waals surface area (Å²) >= 11 is 0. The van der Waals surface area contributed by atoms with Gasteiger partial charge in [0.2, 0.25) is 0 Å². The molecule has 0 atom stereocenters. The van der Waals surface area contributed by atoms with Gasteiger partial charge in [0.15, 0.2) is 34.5 Å². The highest BCUT2D eigenvalue weighted by molar-refractivity contribution is 6.13. The van der Waals surface area contributed by atoms with Crippen LogP contribution in [0.4, 0.5) is 0 Å². The van der Waals surface area contributed by atoms with Crippen molar-refractivity contribution in [3.8, 4) is 85.5 Å². The molecule has 0 unspecified atom stereocenters. The predicted octanol–water partition coefficient (Wildman–Crippen LogP) is 8.27. The van der Waals surface area contributed by atoms with Crippen molar-refractivity contribution in [3.63, 3.8) is 0 Å². The number of benzene rings is 6. The molecule has 378 valence electrons. The van der Waals surface area contributed by atoms with E-state index >= 15 is 0 Å². The summed E-state index contributed by atoms with van der Waals surface area (Å²) in [7, 11) is 13.1. The highest BCUT2D eigenvalue weighted by atomic mass is 16.5. The summed E-state index contributed by atoms with van der Waals surface area (Å²) in [4.78, 5) is 87.4. The average Bonchev–Trinajstić information content (AvgIpc) is 3.44. The van der Waals surface area contributed by atoms with Crippen molar-refractivity contribution in [2.75, 3.05) is 42.7 Å². The van der Waals surface area contributed by atoms with Crippen LogP contribution in [0.1, 0.15) is 31.1 Å². The first-order valence-electron chi connectivity index (χ1n) is 23.0. The number of hydrogen-bond donors (Lipinski definition) is 0. The summed E-state index contributed by atoms with van der Waals surface area (Å²) in [6, 6.07) is 27.5. The van der Waals surface area contributed by atoms with Gasteiger partial charge in [0.1, 0.15) is 17.2 Å². The quantitative estimate of drug-likeness (QED) is 0.114. The Labute approximate surface area is 425 Å². The number of pyridine rings is 3. The van der Waals surface area contributed by atoms with Gasteiger partial charge in [-0.25, -0.2) is 14.4 Å². The fourth-order valence-corrected chi connectivity index (χ4v) is 9.67. The third-order valence-electron chi connectivity index (χ3n) is 13.3. The van der Waals surface area contributed by atoms with Crippen LogP contribution < -0.4 is 59.3 Å². The lowest BCUT2D eigenvalue weighted by Crippen LogP contribution is -2.25. The molecular weight excluding hydrogens is 967 g/mol. The van der Waals surface area contributed by atoms with Crippen LogP contribution in [0.5, 0.6) is 51.7 Å². The van der Waals surface area contributed by atoms with E-state index in [0.717, 1.165) is 0 Å². The number of methoxy groups -OCH3 is 6. The molecule has 4 aliphatic heterocycles. The highest BCUT2D eigenvalue weighted by Gasteiger charge is 2.30. The van der Waals surface area contributed by atoms with Gasteiger partial charge in [-0.05, 0) is 126 Å². The average molecular weight is 1010 g/mol. The Hall–Kier alpha value is -9.84. The molecule has 0 radical (unpaired) electrons. The summed E-state index contributed by atoms with van der Waals surface area (Å²) in [6.45, 7) is 0. The first-order valence-corrected chi connectivity index (χ1v) is 23.0. The third-order valence-corrected chi connectivity index (χ3v) is 13.3. The molecule has 3 aromatic heterocycles. The van der Waals surface area contributed by atoms with E-state index in [-0.39, 0.29) is 118 Å². The number of aromatic nitrogens is 3. The molecule has 18 heteroatoms. The van der Waals surface area contributed by atoms with Gasteiger partial charge in [-0.1, -0.05) is 0 Å². The van der Waals surface area contributed by atoms with Gasteiger partial charge in [0.25, 0.3) is 16.7 Å². The molecule has 18 nitrogen and oxygen atoms in total. The maximum Gasteiger partial charge on any atom is 0.346 e. The zero-order chi connectivity index (χ0) is 53.1. The fraction of sp³-hybridized carbons (Fsp3) is 0.158. The topological polar surface area (TPSA) is 200 Å². The fourth-order valence-electron chi connectivity index (χ4n) is 9.67. The largest absolute Gasteiger partial charge is 0.493 e. The van der Waals surface area contributed by atoms with Gasteiger partial charge >= 0.3 is 17.9 Å². The molecule has 0 spiro atoms. The number of carbonyl (C=O) groups excluding carboxylic acids is 3. The van der Waals surface area contributed by atoms with E-state index in [1.54, 1.807) is 36.4 Å². The zero-order valence-corrected chi connectivity index (χ0v) is 41.9. The lowest BCUT2D eigenvalue weighted by Gasteiger charge is -2.20. The predicted molar refractivity (Wildman–Crippen MR) is 278 cm³/mol. The second-order valence-electron chi connectivity index (χ2n) is 17.3. The number of ether oxygens (including phenoxy) is 9. The van der Waals surface area contributed by atoms with E-state index in [0.29, 0.717) is 16.7 Å². The SMILES string of the molecule is COc1cc2c3c(n(C)c(=O)c2cc1OC)-c1ccc(cc1)OC(=O)c1c(n(C)c(=O)c2cc(OC)c(OC)cc12)-c1ccc(cc1)OC(=O)c1c(n(C)c(=O)c2cc(OC)c(OC)cc12)-c1ccc(cc1)OC3=O. The first-order chi connectivity index (χ1) is 36.1. The molecule has 0 aliphatic carbocycles. The number of carbonyl (C=O) groups is 3. The van der Waals surface area contributed by atoms with Crippen molar-refractivity contribution in [3.05, 3.63) is 157 Å². The van der Waals surface area contributed by atoms with Crippen LogP contribution in [0.2, 0.25) is 0 Å². The number of fused-ring (bicyclic) bond motifs is 6. The monoisotopic (exact) mass is 1010 g/mol. The molecule has 0 saturated heterocycles. The van der Waals surface area contributed by atoms with Gasteiger partial charge in [-0.3, -0.25) is 14.4 Å². The van der Waals surface area contributed by atoms with Crippen LogP contribution in [-0.2, 0) is 21.1 Å². The van der Waals surface area contributed by atoms with Gasteiger partial charge in [-0.15, -0.1) is 0 Å². The van der Waals surface area contributed by atoms with E-state index in [1.807, 2.05) is 0 Å². The molecule has 13 rings (SSSR count). The van der Waals surface area contributed by atoms with Crippen LogP contribution in [0.3, 0.4) is 0 Å². The molecular formula is C57H45N3O15.